The highest BCUT2D eigenvalue weighted by atomic mass is 35.5. The molecule has 2 fully saturated rings. The Hall–Kier alpha value is -1.06. The Kier molecular flexibility index (Phi) is 4.27. The van der Waals surface area contributed by atoms with Gasteiger partial charge in [0.25, 0.3) is 0 Å². The van der Waals surface area contributed by atoms with Gasteiger partial charge in [-0.2, -0.15) is 0 Å². The van der Waals surface area contributed by atoms with Gasteiger partial charge in [0.05, 0.1) is 0 Å². The van der Waals surface area contributed by atoms with Gasteiger partial charge in [0, 0.05) is 55.8 Å². The molecule has 1 aliphatic carbocycles. The van der Waals surface area contributed by atoms with Crippen LogP contribution in [-0.2, 0) is 4.79 Å². The molecule has 0 radical (unpaired) electrons. The number of Topliss-reactive ketones (excluding diaryl/α,β-unsaturated/α-hetero) is 1. The molecule has 3 rings (SSSR count). The minimum absolute atomic E-state index is 0.443. The molecule has 0 spiro atoms. The van der Waals surface area contributed by atoms with Crippen molar-refractivity contribution in [2.24, 2.45) is 0 Å². The van der Waals surface area contributed by atoms with Crippen LogP contribution in [0.1, 0.15) is 25.7 Å². The fraction of sp³-hybridized carbons (Fsp3) is 0.562. The molecule has 4 heteroatoms. The van der Waals surface area contributed by atoms with E-state index in [-0.39, 0.29) is 0 Å². The number of nitrogens with zero attached hydrogens (tertiary/aromatic N) is 2. The molecule has 2 aliphatic rings. The largest absolute Gasteiger partial charge is 0.369 e. The summed E-state index contributed by atoms with van der Waals surface area (Å²) < 4.78 is 0. The van der Waals surface area contributed by atoms with Crippen molar-refractivity contribution in [1.29, 1.82) is 0 Å². The van der Waals surface area contributed by atoms with E-state index in [1.54, 1.807) is 0 Å². The van der Waals surface area contributed by atoms with Gasteiger partial charge in [0.1, 0.15) is 5.78 Å². The van der Waals surface area contributed by atoms with Crippen LogP contribution in [0.25, 0.3) is 0 Å². The molecular weight excluding hydrogens is 272 g/mol. The van der Waals surface area contributed by atoms with Crippen LogP contribution in [0, 0.1) is 0 Å². The van der Waals surface area contributed by atoms with E-state index in [2.05, 4.69) is 15.9 Å². The predicted octanol–water partition coefficient (Wildman–Crippen LogP) is 2.97. The number of ketones is 1. The third-order valence-corrected chi connectivity index (χ3v) is 4.70. The van der Waals surface area contributed by atoms with Crippen molar-refractivity contribution in [3.63, 3.8) is 0 Å². The van der Waals surface area contributed by atoms with Gasteiger partial charge in [-0.25, -0.2) is 0 Å². The summed E-state index contributed by atoms with van der Waals surface area (Å²) in [5.74, 6) is 0.443. The zero-order valence-electron chi connectivity index (χ0n) is 11.7. The van der Waals surface area contributed by atoms with Crippen LogP contribution >= 0.6 is 11.6 Å². The maximum absolute atomic E-state index is 11.6. The lowest BCUT2D eigenvalue weighted by Crippen LogP contribution is -2.51. The quantitative estimate of drug-likeness (QED) is 0.837. The number of hydrogen-bond donors (Lipinski definition) is 0. The minimum Gasteiger partial charge on any atom is -0.369 e. The summed E-state index contributed by atoms with van der Waals surface area (Å²) in [6.07, 6.45) is 3.80. The molecule has 20 heavy (non-hydrogen) atoms. The molecule has 108 valence electrons. The molecule has 0 bridgehead atoms. The molecule has 1 aromatic rings. The number of rotatable bonds is 2. The van der Waals surface area contributed by atoms with Crippen molar-refractivity contribution >= 4 is 23.1 Å². The van der Waals surface area contributed by atoms with E-state index in [4.69, 9.17) is 11.6 Å². The Morgan fingerprint density at radius 3 is 2.65 bits per heavy atom. The van der Waals surface area contributed by atoms with E-state index in [9.17, 15) is 4.79 Å². The first-order valence-corrected chi connectivity index (χ1v) is 7.86. The number of benzene rings is 1. The Morgan fingerprint density at radius 1 is 1.15 bits per heavy atom. The van der Waals surface area contributed by atoms with Gasteiger partial charge in [-0.05, 0) is 31.0 Å². The van der Waals surface area contributed by atoms with Gasteiger partial charge in [0.15, 0.2) is 0 Å². The molecule has 1 aliphatic heterocycles. The highest BCUT2D eigenvalue weighted by molar-refractivity contribution is 6.30. The van der Waals surface area contributed by atoms with Crippen molar-refractivity contribution in [1.82, 2.24) is 4.90 Å². The first-order valence-electron chi connectivity index (χ1n) is 7.48. The Balaban J connectivity index is 1.58. The van der Waals surface area contributed by atoms with Crippen LogP contribution in [0.5, 0.6) is 0 Å². The predicted molar refractivity (Wildman–Crippen MR) is 82.5 cm³/mol. The standard InChI is InChI=1S/C16H21ClN2O/c17-13-3-1-4-14(11-13)18-7-9-19(10-8-18)15-5-2-6-16(20)12-15/h1,3-4,11,15H,2,5-10,12H2. The molecule has 1 unspecified atom stereocenters. The van der Waals surface area contributed by atoms with Gasteiger partial charge < -0.3 is 4.90 Å². The molecule has 1 aromatic carbocycles. The topological polar surface area (TPSA) is 23.6 Å². The highest BCUT2D eigenvalue weighted by Gasteiger charge is 2.28. The SMILES string of the molecule is O=C1CCCC(N2CCN(c3cccc(Cl)c3)CC2)C1. The molecule has 1 saturated carbocycles. The van der Waals surface area contributed by atoms with E-state index >= 15 is 0 Å². The van der Waals surface area contributed by atoms with E-state index in [1.165, 1.54) is 12.1 Å². The van der Waals surface area contributed by atoms with Gasteiger partial charge in [-0.1, -0.05) is 17.7 Å². The Morgan fingerprint density at radius 2 is 1.95 bits per heavy atom. The second kappa shape index (κ2) is 6.15. The highest BCUT2D eigenvalue weighted by Crippen LogP contribution is 2.24. The summed E-state index contributed by atoms with van der Waals surface area (Å²) in [5.41, 5.74) is 1.21. The van der Waals surface area contributed by atoms with Crippen molar-refractivity contribution in [2.75, 3.05) is 31.1 Å². The summed E-state index contributed by atoms with van der Waals surface area (Å²) in [6, 6.07) is 8.55. The van der Waals surface area contributed by atoms with Crippen LogP contribution in [0.4, 0.5) is 5.69 Å². The number of hydrogen-bond acceptors (Lipinski definition) is 3. The lowest BCUT2D eigenvalue weighted by Gasteiger charge is -2.41. The molecule has 3 nitrogen and oxygen atoms in total. The van der Waals surface area contributed by atoms with Crippen LogP contribution in [0.15, 0.2) is 24.3 Å². The van der Waals surface area contributed by atoms with Crippen LogP contribution in [0.2, 0.25) is 5.02 Å². The fourth-order valence-electron chi connectivity index (χ4n) is 3.33. The van der Waals surface area contributed by atoms with Gasteiger partial charge in [-0.3, -0.25) is 9.69 Å². The van der Waals surface area contributed by atoms with Gasteiger partial charge in [0.2, 0.25) is 0 Å². The molecule has 1 atom stereocenters. The first kappa shape index (κ1) is 13.9. The molecule has 0 N–H and O–H groups in total. The van der Waals surface area contributed by atoms with E-state index in [1.807, 2.05) is 18.2 Å². The van der Waals surface area contributed by atoms with Crippen molar-refractivity contribution in [3.8, 4) is 0 Å². The summed E-state index contributed by atoms with van der Waals surface area (Å²) in [4.78, 5) is 16.5. The summed E-state index contributed by atoms with van der Waals surface area (Å²) in [6.45, 7) is 4.13. The van der Waals surface area contributed by atoms with Crippen LogP contribution < -0.4 is 4.90 Å². The van der Waals surface area contributed by atoms with E-state index < -0.39 is 0 Å². The zero-order chi connectivity index (χ0) is 13.9. The van der Waals surface area contributed by atoms with E-state index in [0.29, 0.717) is 11.8 Å². The minimum atomic E-state index is 0.443. The number of carbonyl (C=O) groups is 1. The van der Waals surface area contributed by atoms with Crippen LogP contribution in [0.3, 0.4) is 0 Å². The Bertz CT molecular complexity index is 483. The van der Waals surface area contributed by atoms with Crippen molar-refractivity contribution in [2.45, 2.75) is 31.7 Å². The lowest BCUT2D eigenvalue weighted by molar-refractivity contribution is -0.122. The smallest absolute Gasteiger partial charge is 0.134 e. The fourth-order valence-corrected chi connectivity index (χ4v) is 3.52. The first-order chi connectivity index (χ1) is 9.72. The maximum Gasteiger partial charge on any atom is 0.134 e. The molecule has 1 saturated heterocycles. The normalized spacial score (nSPS) is 24.9. The number of anilines is 1. The van der Waals surface area contributed by atoms with E-state index in [0.717, 1.165) is 50.5 Å². The molecule has 0 aromatic heterocycles. The average Bonchev–Trinajstić information content (AvgIpc) is 2.47. The third kappa shape index (κ3) is 3.15. The van der Waals surface area contributed by atoms with Gasteiger partial charge >= 0.3 is 0 Å². The Labute approximate surface area is 125 Å². The lowest BCUT2D eigenvalue weighted by atomic mass is 9.92. The number of carbonyl (C=O) groups excluding carboxylic acids is 1. The summed E-state index contributed by atoms with van der Waals surface area (Å²) in [7, 11) is 0. The second-order valence-corrected chi connectivity index (χ2v) is 6.23. The molecule has 1 heterocycles. The van der Waals surface area contributed by atoms with Crippen LogP contribution in [-0.4, -0.2) is 42.9 Å². The second-order valence-electron chi connectivity index (χ2n) is 5.79. The van der Waals surface area contributed by atoms with Gasteiger partial charge in [-0.15, -0.1) is 0 Å². The molecular formula is C16H21ClN2O. The summed E-state index contributed by atoms with van der Waals surface area (Å²) in [5, 5.41) is 0.794. The number of halogens is 1. The zero-order valence-corrected chi connectivity index (χ0v) is 12.5. The van der Waals surface area contributed by atoms with Crippen molar-refractivity contribution < 1.29 is 4.79 Å². The van der Waals surface area contributed by atoms with Crippen molar-refractivity contribution in [3.05, 3.63) is 29.3 Å². The third-order valence-electron chi connectivity index (χ3n) is 4.46. The monoisotopic (exact) mass is 292 g/mol. The maximum atomic E-state index is 11.6. The molecule has 0 amide bonds. The summed E-state index contributed by atoms with van der Waals surface area (Å²) >= 11 is 6.06. The average molecular weight is 293 g/mol. The number of piperazine rings is 1.